The summed E-state index contributed by atoms with van der Waals surface area (Å²) in [5.41, 5.74) is 5.85. The fourth-order valence-electron chi connectivity index (χ4n) is 3.46. The predicted octanol–water partition coefficient (Wildman–Crippen LogP) is 2.89. The van der Waals surface area contributed by atoms with Gasteiger partial charge in [-0.3, -0.25) is 9.59 Å². The Bertz CT molecular complexity index is 1110. The molecule has 0 aliphatic heterocycles. The van der Waals surface area contributed by atoms with Crippen molar-refractivity contribution in [1.82, 2.24) is 15.2 Å². The lowest BCUT2D eigenvalue weighted by Gasteiger charge is -2.09. The van der Waals surface area contributed by atoms with Gasteiger partial charge in [0.05, 0.1) is 11.1 Å². The molecule has 6 heteroatoms. The molecule has 136 valence electrons. The van der Waals surface area contributed by atoms with Crippen molar-refractivity contribution in [2.45, 2.75) is 32.7 Å². The highest BCUT2D eigenvalue weighted by Gasteiger charge is 2.19. The third kappa shape index (κ3) is 3.14. The van der Waals surface area contributed by atoms with Crippen LogP contribution in [0.3, 0.4) is 0 Å². The summed E-state index contributed by atoms with van der Waals surface area (Å²) in [5.74, 6) is -0.409. The van der Waals surface area contributed by atoms with E-state index in [9.17, 15) is 9.59 Å². The molecule has 0 atom stereocenters. The second-order valence-corrected chi connectivity index (χ2v) is 6.58. The molecule has 27 heavy (non-hydrogen) atoms. The van der Waals surface area contributed by atoms with E-state index in [-0.39, 0.29) is 11.3 Å². The van der Waals surface area contributed by atoms with E-state index in [0.717, 1.165) is 30.5 Å². The van der Waals surface area contributed by atoms with Gasteiger partial charge in [0.25, 0.3) is 11.5 Å². The van der Waals surface area contributed by atoms with Gasteiger partial charge in [0.2, 0.25) is 0 Å². The van der Waals surface area contributed by atoms with E-state index in [0.29, 0.717) is 17.3 Å². The molecule has 0 radical (unpaired) electrons. The monoisotopic (exact) mass is 360 g/mol. The first kappa shape index (κ1) is 17.1. The molecule has 0 saturated carbocycles. The van der Waals surface area contributed by atoms with Crippen LogP contribution in [0.4, 0.5) is 0 Å². The number of hydrazone groups is 1. The summed E-state index contributed by atoms with van der Waals surface area (Å²) in [7, 11) is 0. The number of aromatic nitrogens is 2. The summed E-state index contributed by atoms with van der Waals surface area (Å²) in [6, 6.07) is 15.1. The van der Waals surface area contributed by atoms with Gasteiger partial charge in [-0.2, -0.15) is 10.2 Å². The first-order valence-corrected chi connectivity index (χ1v) is 9.14. The number of carbonyl (C=O) groups is 1. The maximum Gasteiger partial charge on any atom is 0.292 e. The van der Waals surface area contributed by atoms with E-state index < -0.39 is 5.91 Å². The Balaban J connectivity index is 1.70. The van der Waals surface area contributed by atoms with Crippen LogP contribution in [0.15, 0.2) is 58.4 Å². The minimum Gasteiger partial charge on any atom is -0.267 e. The maximum atomic E-state index is 12.8. The first-order chi connectivity index (χ1) is 13.2. The molecule has 2 aromatic carbocycles. The molecule has 1 aliphatic carbocycles. The molecule has 1 N–H and O–H groups in total. The van der Waals surface area contributed by atoms with Crippen LogP contribution in [0.25, 0.3) is 10.8 Å². The van der Waals surface area contributed by atoms with Gasteiger partial charge in [0.15, 0.2) is 5.69 Å². The number of nitrogens with one attached hydrogen (secondary N) is 1. The molecule has 0 spiro atoms. The SMILES string of the molecule is CCCn1nc(C(=O)N/N=C2/CCc3ccccc32)c2ccccc2c1=O. The van der Waals surface area contributed by atoms with E-state index in [1.807, 2.05) is 25.1 Å². The number of aryl methyl sites for hydroxylation is 2. The van der Waals surface area contributed by atoms with Crippen molar-refractivity contribution in [3.05, 3.63) is 75.7 Å². The number of nitrogens with zero attached hydrogens (tertiary/aromatic N) is 3. The molecular formula is C21H20N4O2. The van der Waals surface area contributed by atoms with Gasteiger partial charge in [0.1, 0.15) is 0 Å². The number of fused-ring (bicyclic) bond motifs is 2. The van der Waals surface area contributed by atoms with Crippen molar-refractivity contribution in [2.24, 2.45) is 5.10 Å². The predicted molar refractivity (Wildman–Crippen MR) is 105 cm³/mol. The molecule has 4 rings (SSSR count). The smallest absolute Gasteiger partial charge is 0.267 e. The normalized spacial score (nSPS) is 14.5. The lowest BCUT2D eigenvalue weighted by Crippen LogP contribution is -2.29. The van der Waals surface area contributed by atoms with E-state index in [1.165, 1.54) is 10.2 Å². The summed E-state index contributed by atoms with van der Waals surface area (Å²) in [6.45, 7) is 2.43. The summed E-state index contributed by atoms with van der Waals surface area (Å²) in [5, 5.41) is 9.67. The van der Waals surface area contributed by atoms with Crippen LogP contribution in [-0.2, 0) is 13.0 Å². The van der Waals surface area contributed by atoms with Crippen molar-refractivity contribution >= 4 is 22.4 Å². The summed E-state index contributed by atoms with van der Waals surface area (Å²) in [6.07, 6.45) is 2.47. The van der Waals surface area contributed by atoms with Crippen LogP contribution in [0.5, 0.6) is 0 Å². The number of hydrogen-bond donors (Lipinski definition) is 1. The van der Waals surface area contributed by atoms with Gasteiger partial charge in [-0.15, -0.1) is 0 Å². The fraction of sp³-hybridized carbons (Fsp3) is 0.238. The maximum absolute atomic E-state index is 12.8. The number of benzene rings is 2. The molecule has 0 saturated heterocycles. The third-order valence-electron chi connectivity index (χ3n) is 4.77. The molecule has 0 unspecified atom stereocenters. The largest absolute Gasteiger partial charge is 0.292 e. The fourth-order valence-corrected chi connectivity index (χ4v) is 3.46. The van der Waals surface area contributed by atoms with Crippen molar-refractivity contribution in [3.8, 4) is 0 Å². The summed E-state index contributed by atoms with van der Waals surface area (Å²) in [4.78, 5) is 25.3. The second kappa shape index (κ2) is 7.15. The van der Waals surface area contributed by atoms with Gasteiger partial charge in [-0.1, -0.05) is 49.4 Å². The standard InChI is InChI=1S/C21H20N4O2/c1-2-13-25-21(27)17-10-6-5-9-16(17)19(24-25)20(26)23-22-18-12-11-14-7-3-4-8-15(14)18/h3-10H,2,11-13H2,1H3,(H,23,26)/b22-18-. The van der Waals surface area contributed by atoms with Gasteiger partial charge in [0, 0.05) is 17.5 Å². The van der Waals surface area contributed by atoms with E-state index in [1.54, 1.807) is 24.3 Å². The quantitative estimate of drug-likeness (QED) is 0.727. The average Bonchev–Trinajstić information content (AvgIpc) is 3.11. The van der Waals surface area contributed by atoms with Crippen LogP contribution < -0.4 is 11.0 Å². The topological polar surface area (TPSA) is 76.3 Å². The molecule has 0 bridgehead atoms. The van der Waals surface area contributed by atoms with Crippen LogP contribution in [0.2, 0.25) is 0 Å². The van der Waals surface area contributed by atoms with Crippen molar-refractivity contribution in [2.75, 3.05) is 0 Å². The van der Waals surface area contributed by atoms with Gasteiger partial charge in [-0.05, 0) is 30.9 Å². The highest BCUT2D eigenvalue weighted by Crippen LogP contribution is 2.21. The average molecular weight is 360 g/mol. The summed E-state index contributed by atoms with van der Waals surface area (Å²) >= 11 is 0. The zero-order chi connectivity index (χ0) is 18.8. The number of amides is 1. The van der Waals surface area contributed by atoms with Crippen LogP contribution >= 0.6 is 0 Å². The van der Waals surface area contributed by atoms with E-state index >= 15 is 0 Å². The van der Waals surface area contributed by atoms with Crippen LogP contribution in [0.1, 0.15) is 41.4 Å². The Kier molecular flexibility index (Phi) is 4.54. The second-order valence-electron chi connectivity index (χ2n) is 6.58. The molecule has 3 aromatic rings. The Hall–Kier alpha value is -3.28. The minimum absolute atomic E-state index is 0.181. The van der Waals surface area contributed by atoms with Crippen LogP contribution in [0, 0.1) is 0 Å². The van der Waals surface area contributed by atoms with Gasteiger partial charge < -0.3 is 0 Å². The summed E-state index contributed by atoms with van der Waals surface area (Å²) < 4.78 is 1.36. The van der Waals surface area contributed by atoms with Crippen molar-refractivity contribution < 1.29 is 4.79 Å². The molecular weight excluding hydrogens is 340 g/mol. The zero-order valence-corrected chi connectivity index (χ0v) is 15.1. The number of carbonyl (C=O) groups excluding carboxylic acids is 1. The van der Waals surface area contributed by atoms with Crippen LogP contribution in [-0.4, -0.2) is 21.4 Å². The Morgan fingerprint density at radius 1 is 1.11 bits per heavy atom. The molecule has 1 amide bonds. The number of hydrogen-bond acceptors (Lipinski definition) is 4. The molecule has 1 heterocycles. The van der Waals surface area contributed by atoms with E-state index in [4.69, 9.17) is 0 Å². The highest BCUT2D eigenvalue weighted by molar-refractivity contribution is 6.07. The van der Waals surface area contributed by atoms with E-state index in [2.05, 4.69) is 21.7 Å². The first-order valence-electron chi connectivity index (χ1n) is 9.14. The Morgan fingerprint density at radius 3 is 2.67 bits per heavy atom. The Morgan fingerprint density at radius 2 is 1.85 bits per heavy atom. The van der Waals surface area contributed by atoms with Crippen molar-refractivity contribution in [1.29, 1.82) is 0 Å². The number of rotatable bonds is 4. The molecule has 1 aromatic heterocycles. The lowest BCUT2D eigenvalue weighted by atomic mass is 10.1. The van der Waals surface area contributed by atoms with Gasteiger partial charge in [-0.25, -0.2) is 10.1 Å². The van der Waals surface area contributed by atoms with Gasteiger partial charge >= 0.3 is 0 Å². The van der Waals surface area contributed by atoms with Crippen molar-refractivity contribution in [3.63, 3.8) is 0 Å². The molecule has 1 aliphatic rings. The lowest BCUT2D eigenvalue weighted by molar-refractivity contribution is 0.0949. The highest BCUT2D eigenvalue weighted by atomic mass is 16.2. The zero-order valence-electron chi connectivity index (χ0n) is 15.1. The molecule has 6 nitrogen and oxygen atoms in total. The minimum atomic E-state index is -0.409. The Labute approximate surface area is 156 Å². The molecule has 0 fully saturated rings. The third-order valence-corrected chi connectivity index (χ3v) is 4.77.